The van der Waals surface area contributed by atoms with Crippen molar-refractivity contribution in [3.8, 4) is 6.07 Å². The Hall–Kier alpha value is -3.06. The summed E-state index contributed by atoms with van der Waals surface area (Å²) in [5.41, 5.74) is 9.43. The van der Waals surface area contributed by atoms with Gasteiger partial charge in [-0.2, -0.15) is 5.26 Å². The Kier molecular flexibility index (Phi) is 2.96. The third kappa shape index (κ3) is 1.96. The van der Waals surface area contributed by atoms with Gasteiger partial charge in [0.15, 0.2) is 5.78 Å². The van der Waals surface area contributed by atoms with Gasteiger partial charge < -0.3 is 10.7 Å². The molecule has 0 aliphatic carbocycles. The third-order valence-electron chi connectivity index (χ3n) is 3.60. The highest BCUT2D eigenvalue weighted by atomic mass is 16.1. The molecule has 0 bridgehead atoms. The molecule has 0 spiro atoms. The van der Waals surface area contributed by atoms with Crippen molar-refractivity contribution in [2.75, 3.05) is 5.73 Å². The van der Waals surface area contributed by atoms with Crippen molar-refractivity contribution in [2.45, 2.75) is 6.92 Å². The number of aromatic nitrogens is 1. The van der Waals surface area contributed by atoms with E-state index in [9.17, 15) is 10.1 Å². The average Bonchev–Trinajstić information content (AvgIpc) is 2.90. The van der Waals surface area contributed by atoms with Crippen LogP contribution < -0.4 is 5.73 Å². The second kappa shape index (κ2) is 4.80. The lowest BCUT2D eigenvalue weighted by molar-refractivity contribution is 0.104. The van der Waals surface area contributed by atoms with E-state index in [2.05, 4.69) is 11.1 Å². The van der Waals surface area contributed by atoms with Crippen LogP contribution in [0.4, 0.5) is 5.69 Å². The van der Waals surface area contributed by atoms with Crippen molar-refractivity contribution < 1.29 is 4.79 Å². The Balaban J connectivity index is 2.27. The van der Waals surface area contributed by atoms with E-state index in [1.165, 1.54) is 0 Å². The lowest BCUT2D eigenvalue weighted by Crippen LogP contribution is -2.07. The molecular formula is C17H13N3O. The predicted molar refractivity (Wildman–Crippen MR) is 82.0 cm³/mol. The van der Waals surface area contributed by atoms with E-state index in [-0.39, 0.29) is 5.78 Å². The standard InChI is InChI=1S/C17H13N3O/c1-10-4-2-6-13(19)15(10)17(21)12-9-20-14-7-3-5-11(8-18)16(12)14/h2-7,9,20H,19H2,1H3. The van der Waals surface area contributed by atoms with Gasteiger partial charge in [-0.3, -0.25) is 4.79 Å². The van der Waals surface area contributed by atoms with E-state index in [1.807, 2.05) is 25.1 Å². The van der Waals surface area contributed by atoms with Crippen LogP contribution in [-0.2, 0) is 0 Å². The number of nitrogens with zero attached hydrogens (tertiary/aromatic N) is 1. The van der Waals surface area contributed by atoms with E-state index in [0.29, 0.717) is 27.8 Å². The van der Waals surface area contributed by atoms with E-state index < -0.39 is 0 Å². The molecule has 0 unspecified atom stereocenters. The number of ketones is 1. The summed E-state index contributed by atoms with van der Waals surface area (Å²) in [6, 6.07) is 12.8. The number of hydrogen-bond donors (Lipinski definition) is 2. The molecule has 1 aromatic heterocycles. The van der Waals surface area contributed by atoms with Crippen LogP contribution in [0.25, 0.3) is 10.9 Å². The Morgan fingerprint density at radius 1 is 1.24 bits per heavy atom. The molecule has 3 N–H and O–H groups in total. The highest BCUT2D eigenvalue weighted by Crippen LogP contribution is 2.27. The molecule has 0 amide bonds. The minimum atomic E-state index is -0.167. The molecule has 1 heterocycles. The van der Waals surface area contributed by atoms with Gasteiger partial charge in [-0.05, 0) is 30.7 Å². The van der Waals surface area contributed by atoms with E-state index in [1.54, 1.807) is 24.4 Å². The van der Waals surface area contributed by atoms with Crippen LogP contribution >= 0.6 is 0 Å². The highest BCUT2D eigenvalue weighted by molar-refractivity contribution is 6.19. The zero-order valence-corrected chi connectivity index (χ0v) is 11.5. The number of H-pyrrole nitrogens is 1. The van der Waals surface area contributed by atoms with Crippen LogP contribution in [0.5, 0.6) is 0 Å². The molecule has 0 aliphatic rings. The molecule has 3 aromatic rings. The number of nitrogens with one attached hydrogen (secondary N) is 1. The summed E-state index contributed by atoms with van der Waals surface area (Å²) in [4.78, 5) is 15.9. The summed E-state index contributed by atoms with van der Waals surface area (Å²) in [6.07, 6.45) is 1.64. The van der Waals surface area contributed by atoms with Crippen molar-refractivity contribution in [2.24, 2.45) is 0 Å². The Morgan fingerprint density at radius 3 is 2.71 bits per heavy atom. The maximum atomic E-state index is 12.8. The fraction of sp³-hybridized carbons (Fsp3) is 0.0588. The van der Waals surface area contributed by atoms with Gasteiger partial charge in [0.25, 0.3) is 0 Å². The van der Waals surface area contributed by atoms with Crippen molar-refractivity contribution in [1.82, 2.24) is 4.98 Å². The van der Waals surface area contributed by atoms with Gasteiger partial charge in [-0.25, -0.2) is 0 Å². The molecule has 0 fully saturated rings. The molecule has 2 aromatic carbocycles. The molecule has 4 heteroatoms. The number of aryl methyl sites for hydroxylation is 1. The van der Waals surface area contributed by atoms with Gasteiger partial charge in [0, 0.05) is 33.9 Å². The lowest BCUT2D eigenvalue weighted by atomic mass is 9.96. The van der Waals surface area contributed by atoms with Crippen molar-refractivity contribution in [1.29, 1.82) is 5.26 Å². The molecule has 0 atom stereocenters. The maximum absolute atomic E-state index is 12.8. The molecule has 4 nitrogen and oxygen atoms in total. The summed E-state index contributed by atoms with van der Waals surface area (Å²) in [5.74, 6) is -0.167. The summed E-state index contributed by atoms with van der Waals surface area (Å²) in [7, 11) is 0. The number of aromatic amines is 1. The van der Waals surface area contributed by atoms with Crippen LogP contribution in [0.15, 0.2) is 42.6 Å². The number of carbonyl (C=O) groups excluding carboxylic acids is 1. The average molecular weight is 275 g/mol. The number of rotatable bonds is 2. The maximum Gasteiger partial charge on any atom is 0.197 e. The zero-order chi connectivity index (χ0) is 15.0. The van der Waals surface area contributed by atoms with E-state index >= 15 is 0 Å². The molecule has 3 rings (SSSR count). The highest BCUT2D eigenvalue weighted by Gasteiger charge is 2.20. The van der Waals surface area contributed by atoms with Gasteiger partial charge in [-0.15, -0.1) is 0 Å². The number of fused-ring (bicyclic) bond motifs is 1. The van der Waals surface area contributed by atoms with E-state index in [4.69, 9.17) is 5.73 Å². The molecule has 0 saturated heterocycles. The lowest BCUT2D eigenvalue weighted by Gasteiger charge is -2.08. The van der Waals surface area contributed by atoms with Gasteiger partial charge in [0.05, 0.1) is 11.6 Å². The van der Waals surface area contributed by atoms with Crippen molar-refractivity contribution >= 4 is 22.4 Å². The topological polar surface area (TPSA) is 82.7 Å². The fourth-order valence-electron chi connectivity index (χ4n) is 2.59. The molecule has 0 radical (unpaired) electrons. The first-order chi connectivity index (χ1) is 10.1. The summed E-state index contributed by atoms with van der Waals surface area (Å²) < 4.78 is 0. The summed E-state index contributed by atoms with van der Waals surface area (Å²) in [6.45, 7) is 1.85. The molecule has 0 saturated carbocycles. The summed E-state index contributed by atoms with van der Waals surface area (Å²) in [5, 5.41) is 9.89. The van der Waals surface area contributed by atoms with Crippen LogP contribution in [0.1, 0.15) is 27.0 Å². The van der Waals surface area contributed by atoms with Crippen LogP contribution in [0.2, 0.25) is 0 Å². The molecule has 102 valence electrons. The van der Waals surface area contributed by atoms with Crippen LogP contribution in [0, 0.1) is 18.3 Å². The normalized spacial score (nSPS) is 10.5. The number of nitrogens with two attached hydrogens (primary N) is 1. The first kappa shape index (κ1) is 12.9. The number of anilines is 1. The number of nitriles is 1. The second-order valence-corrected chi connectivity index (χ2v) is 4.91. The van der Waals surface area contributed by atoms with Crippen LogP contribution in [-0.4, -0.2) is 10.8 Å². The minimum Gasteiger partial charge on any atom is -0.398 e. The largest absolute Gasteiger partial charge is 0.398 e. The smallest absolute Gasteiger partial charge is 0.197 e. The van der Waals surface area contributed by atoms with Gasteiger partial charge >= 0.3 is 0 Å². The molecule has 21 heavy (non-hydrogen) atoms. The zero-order valence-electron chi connectivity index (χ0n) is 11.5. The minimum absolute atomic E-state index is 0.167. The fourth-order valence-corrected chi connectivity index (χ4v) is 2.59. The monoisotopic (exact) mass is 275 g/mol. The Bertz CT molecular complexity index is 880. The number of benzene rings is 2. The van der Waals surface area contributed by atoms with Gasteiger partial charge in [-0.1, -0.05) is 18.2 Å². The number of hydrogen-bond acceptors (Lipinski definition) is 3. The van der Waals surface area contributed by atoms with Gasteiger partial charge in [0.2, 0.25) is 0 Å². The first-order valence-electron chi connectivity index (χ1n) is 6.53. The molecule has 0 aliphatic heterocycles. The van der Waals surface area contributed by atoms with E-state index in [0.717, 1.165) is 11.1 Å². The van der Waals surface area contributed by atoms with Crippen molar-refractivity contribution in [3.63, 3.8) is 0 Å². The van der Waals surface area contributed by atoms with Crippen molar-refractivity contribution in [3.05, 3.63) is 64.8 Å². The number of carbonyl (C=O) groups is 1. The Morgan fingerprint density at radius 2 is 2.00 bits per heavy atom. The SMILES string of the molecule is Cc1cccc(N)c1C(=O)c1c[nH]c2cccc(C#N)c12. The summed E-state index contributed by atoms with van der Waals surface area (Å²) >= 11 is 0. The Labute approximate surface area is 121 Å². The number of nitrogen functional groups attached to an aromatic ring is 1. The third-order valence-corrected chi connectivity index (χ3v) is 3.60. The molecular weight excluding hydrogens is 262 g/mol. The quantitative estimate of drug-likeness (QED) is 0.556. The van der Waals surface area contributed by atoms with Gasteiger partial charge in [0.1, 0.15) is 0 Å². The second-order valence-electron chi connectivity index (χ2n) is 4.91. The first-order valence-corrected chi connectivity index (χ1v) is 6.53. The van der Waals surface area contributed by atoms with Crippen LogP contribution in [0.3, 0.4) is 0 Å². The predicted octanol–water partition coefficient (Wildman–Crippen LogP) is 3.16.